The van der Waals surface area contributed by atoms with Crippen molar-refractivity contribution in [3.63, 3.8) is 0 Å². The van der Waals surface area contributed by atoms with Gasteiger partial charge < -0.3 is 9.84 Å². The van der Waals surface area contributed by atoms with Crippen molar-refractivity contribution in [2.45, 2.75) is 242 Å². The summed E-state index contributed by atoms with van der Waals surface area (Å²) >= 11 is 0. The lowest BCUT2D eigenvalue weighted by atomic mass is 9.47. The Hall–Kier alpha value is -1.09. The van der Waals surface area contributed by atoms with Crippen molar-refractivity contribution < 1.29 is 14.6 Å². The standard InChI is InChI=1S/C29H48O.C24H48O2/c1-7-21(19(2)3)9-8-20(4)25-12-13-26-24-11-10-22-18-23(30)14-16-28(22,5)27(24)15-17-29(25,26)6;1-4-7-9-10-11-12-13-14-15-16-17-18-19-21-24(25)26-22-23(6-3)20-8-5-2/h8-10,19-21,23-27,30H,7,11-18H2,1-6H3;23H,4-22H2,1-3H3/b9-8+;/t20-,21-,23+,24+,25-,26+,27+,28+,29-;/m1./s1. The molecule has 3 nitrogen and oxygen atoms in total. The van der Waals surface area contributed by atoms with Gasteiger partial charge in [0, 0.05) is 6.42 Å². The van der Waals surface area contributed by atoms with Crippen LogP contribution in [0.25, 0.3) is 0 Å². The first-order valence-electron chi connectivity index (χ1n) is 25.2. The van der Waals surface area contributed by atoms with Crippen LogP contribution in [0.2, 0.25) is 0 Å². The molecule has 4 aliphatic rings. The summed E-state index contributed by atoms with van der Waals surface area (Å²) in [5.41, 5.74) is 2.51. The number of aliphatic hydroxyl groups is 1. The summed E-state index contributed by atoms with van der Waals surface area (Å²) < 4.78 is 5.46. The molecule has 56 heavy (non-hydrogen) atoms. The molecule has 0 aromatic rings. The molecular weight excluding hydrogens is 685 g/mol. The van der Waals surface area contributed by atoms with Crippen LogP contribution in [0.4, 0.5) is 0 Å². The van der Waals surface area contributed by atoms with E-state index >= 15 is 0 Å². The van der Waals surface area contributed by atoms with Crippen molar-refractivity contribution in [1.82, 2.24) is 0 Å². The van der Waals surface area contributed by atoms with E-state index in [1.807, 2.05) is 0 Å². The Morgan fingerprint density at radius 2 is 1.39 bits per heavy atom. The third kappa shape index (κ3) is 14.9. The van der Waals surface area contributed by atoms with Gasteiger partial charge in [-0.3, -0.25) is 4.79 Å². The molecule has 10 atom stereocenters. The first kappa shape index (κ1) is 49.3. The van der Waals surface area contributed by atoms with Crippen molar-refractivity contribution in [2.75, 3.05) is 6.61 Å². The summed E-state index contributed by atoms with van der Waals surface area (Å²) in [6.07, 6.45) is 41.9. The fourth-order valence-electron chi connectivity index (χ4n) is 12.3. The van der Waals surface area contributed by atoms with E-state index in [0.29, 0.717) is 35.7 Å². The lowest BCUT2D eigenvalue weighted by molar-refractivity contribution is -0.145. The molecule has 4 aliphatic carbocycles. The Bertz CT molecular complexity index is 1120. The van der Waals surface area contributed by atoms with Gasteiger partial charge in [0.2, 0.25) is 0 Å². The van der Waals surface area contributed by atoms with Crippen molar-refractivity contribution in [3.8, 4) is 0 Å². The first-order valence-corrected chi connectivity index (χ1v) is 25.2. The molecule has 3 saturated carbocycles. The molecule has 1 N–H and O–H groups in total. The summed E-state index contributed by atoms with van der Waals surface area (Å²) in [7, 11) is 0. The van der Waals surface area contributed by atoms with Gasteiger partial charge in [-0.1, -0.05) is 182 Å². The summed E-state index contributed by atoms with van der Waals surface area (Å²) in [4.78, 5) is 11.8. The average Bonchev–Trinajstić information content (AvgIpc) is 3.54. The highest BCUT2D eigenvalue weighted by Gasteiger charge is 2.59. The van der Waals surface area contributed by atoms with Gasteiger partial charge in [-0.2, -0.15) is 0 Å². The second-order valence-electron chi connectivity index (χ2n) is 20.5. The molecule has 0 radical (unpaired) electrons. The van der Waals surface area contributed by atoms with Crippen LogP contribution in [0.1, 0.15) is 236 Å². The summed E-state index contributed by atoms with van der Waals surface area (Å²) in [5.74, 6) is 6.27. The molecule has 0 aromatic carbocycles. The fourth-order valence-corrected chi connectivity index (χ4v) is 12.3. The third-order valence-electron chi connectivity index (χ3n) is 16.3. The van der Waals surface area contributed by atoms with E-state index in [4.69, 9.17) is 4.74 Å². The summed E-state index contributed by atoms with van der Waals surface area (Å²) in [6, 6.07) is 0. The van der Waals surface area contributed by atoms with E-state index in [9.17, 15) is 9.90 Å². The van der Waals surface area contributed by atoms with Crippen LogP contribution in [0.15, 0.2) is 23.8 Å². The van der Waals surface area contributed by atoms with Crippen molar-refractivity contribution in [2.24, 2.45) is 58.2 Å². The number of rotatable bonds is 25. The van der Waals surface area contributed by atoms with Crippen molar-refractivity contribution in [1.29, 1.82) is 0 Å². The molecule has 0 amide bonds. The maximum absolute atomic E-state index is 11.8. The third-order valence-corrected chi connectivity index (χ3v) is 16.3. The second kappa shape index (κ2) is 26.2. The number of ether oxygens (including phenoxy) is 1. The molecule has 0 heterocycles. The molecule has 0 aromatic heterocycles. The van der Waals surface area contributed by atoms with Crippen LogP contribution in [0.5, 0.6) is 0 Å². The molecule has 3 heteroatoms. The number of hydrogen-bond donors (Lipinski definition) is 1. The highest BCUT2D eigenvalue weighted by Crippen LogP contribution is 2.67. The molecule has 0 spiro atoms. The Balaban J connectivity index is 0.000000305. The van der Waals surface area contributed by atoms with Crippen molar-refractivity contribution >= 4 is 5.97 Å². The van der Waals surface area contributed by atoms with Crippen LogP contribution >= 0.6 is 0 Å². The number of hydrogen-bond acceptors (Lipinski definition) is 3. The minimum absolute atomic E-state index is 0.0167. The van der Waals surface area contributed by atoms with E-state index in [1.54, 1.807) is 5.57 Å². The zero-order chi connectivity index (χ0) is 41.0. The van der Waals surface area contributed by atoms with Gasteiger partial charge in [0.1, 0.15) is 0 Å². The minimum Gasteiger partial charge on any atom is -0.465 e. The molecular formula is C53H96O3. The Labute approximate surface area is 349 Å². The predicted octanol–water partition coefficient (Wildman–Crippen LogP) is 16.0. The lowest BCUT2D eigenvalue weighted by Gasteiger charge is -2.58. The number of unbranched alkanes of at least 4 members (excludes halogenated alkanes) is 13. The maximum Gasteiger partial charge on any atom is 0.305 e. The molecule has 3 fully saturated rings. The van der Waals surface area contributed by atoms with Crippen LogP contribution < -0.4 is 0 Å². The van der Waals surface area contributed by atoms with Crippen molar-refractivity contribution in [3.05, 3.63) is 23.8 Å². The number of carbonyl (C=O) groups is 1. The Morgan fingerprint density at radius 3 is 1.98 bits per heavy atom. The van der Waals surface area contributed by atoms with Gasteiger partial charge in [0.25, 0.3) is 0 Å². The smallest absolute Gasteiger partial charge is 0.305 e. The number of allylic oxidation sites excluding steroid dienone is 3. The fraction of sp³-hybridized carbons (Fsp3) is 0.906. The van der Waals surface area contributed by atoms with Gasteiger partial charge in [-0.15, -0.1) is 0 Å². The lowest BCUT2D eigenvalue weighted by Crippen LogP contribution is -2.50. The number of carbonyl (C=O) groups excluding carboxylic acids is 1. The second-order valence-corrected chi connectivity index (χ2v) is 20.5. The minimum atomic E-state index is -0.0870. The normalized spacial score (nSPS) is 30.1. The molecule has 0 aliphatic heterocycles. The zero-order valence-corrected chi connectivity index (χ0v) is 39.0. The molecule has 326 valence electrons. The van der Waals surface area contributed by atoms with Gasteiger partial charge in [-0.25, -0.2) is 0 Å². The van der Waals surface area contributed by atoms with Gasteiger partial charge in [0.15, 0.2) is 0 Å². The van der Waals surface area contributed by atoms with Gasteiger partial charge in [0.05, 0.1) is 12.7 Å². The molecule has 0 saturated heterocycles. The van der Waals surface area contributed by atoms with Crippen LogP contribution in [-0.4, -0.2) is 23.8 Å². The largest absolute Gasteiger partial charge is 0.465 e. The van der Waals surface area contributed by atoms with E-state index in [2.05, 4.69) is 80.5 Å². The predicted molar refractivity (Wildman–Crippen MR) is 243 cm³/mol. The van der Waals surface area contributed by atoms with Crippen LogP contribution in [0, 0.1) is 58.2 Å². The number of fused-ring (bicyclic) bond motifs is 5. The molecule has 4 rings (SSSR count). The monoisotopic (exact) mass is 781 g/mol. The highest BCUT2D eigenvalue weighted by atomic mass is 16.5. The Morgan fingerprint density at radius 1 is 0.768 bits per heavy atom. The summed E-state index contributed by atoms with van der Waals surface area (Å²) in [5, 5.41) is 10.2. The van der Waals surface area contributed by atoms with Crippen LogP contribution in [-0.2, 0) is 9.53 Å². The highest BCUT2D eigenvalue weighted by molar-refractivity contribution is 5.69. The van der Waals surface area contributed by atoms with Gasteiger partial charge >= 0.3 is 5.97 Å². The topological polar surface area (TPSA) is 46.5 Å². The summed E-state index contributed by atoms with van der Waals surface area (Å²) in [6.45, 7) is 22.1. The quantitative estimate of drug-likeness (QED) is 0.0570. The molecule has 1 unspecified atom stereocenters. The van der Waals surface area contributed by atoms with E-state index in [1.165, 1.54) is 141 Å². The van der Waals surface area contributed by atoms with E-state index in [0.717, 1.165) is 61.2 Å². The van der Waals surface area contributed by atoms with E-state index in [-0.39, 0.29) is 12.1 Å². The SMILES string of the molecule is CCCCCCCCCCCCCCCC(=O)OCC(CC)CCCC.CC[C@H](/C=C/[C@@H](C)[C@H]1CC[C@H]2[C@@H]3CC=C4C[C@@H](O)CC[C@]4(C)[C@H]3CC[C@]12C)C(C)C. The molecule has 0 bridgehead atoms. The Kier molecular flexibility index (Phi) is 23.0. The maximum atomic E-state index is 11.8. The van der Waals surface area contributed by atoms with Gasteiger partial charge in [-0.05, 0) is 129 Å². The average molecular weight is 781 g/mol. The number of aliphatic hydroxyl groups excluding tert-OH is 1. The number of esters is 1. The zero-order valence-electron chi connectivity index (χ0n) is 39.0. The van der Waals surface area contributed by atoms with Crippen LogP contribution in [0.3, 0.4) is 0 Å². The van der Waals surface area contributed by atoms with E-state index < -0.39 is 0 Å². The first-order chi connectivity index (χ1) is 26.9.